The van der Waals surface area contributed by atoms with E-state index >= 15 is 0 Å². The molecule has 0 unspecified atom stereocenters. The lowest BCUT2D eigenvalue weighted by atomic mass is 10.1. The summed E-state index contributed by atoms with van der Waals surface area (Å²) in [6.07, 6.45) is 1.65. The lowest BCUT2D eigenvalue weighted by molar-refractivity contribution is 0.467. The summed E-state index contributed by atoms with van der Waals surface area (Å²) in [6, 6.07) is 7.63. The summed E-state index contributed by atoms with van der Waals surface area (Å²) in [5.41, 5.74) is 2.69. The Kier molecular flexibility index (Phi) is 2.86. The number of rotatable bonds is 3. The van der Waals surface area contributed by atoms with Crippen LogP contribution in [0.2, 0.25) is 0 Å². The van der Waals surface area contributed by atoms with Gasteiger partial charge in [0.25, 0.3) is 0 Å². The lowest BCUT2D eigenvalue weighted by Crippen LogP contribution is -2.00. The number of phenolic OH excluding ortho intramolecular Hbond substituents is 1. The Morgan fingerprint density at radius 1 is 1.25 bits per heavy atom. The molecule has 1 aromatic carbocycles. The molecule has 0 aliphatic heterocycles. The Morgan fingerprint density at radius 3 is 2.75 bits per heavy atom. The maximum atomic E-state index is 9.78. The Labute approximate surface area is 94.7 Å². The molecule has 0 amide bonds. The summed E-state index contributed by atoms with van der Waals surface area (Å²) >= 11 is 0. The highest BCUT2D eigenvalue weighted by molar-refractivity contribution is 5.59. The van der Waals surface area contributed by atoms with Crippen LogP contribution in [0.5, 0.6) is 5.75 Å². The van der Waals surface area contributed by atoms with E-state index in [1.165, 1.54) is 0 Å². The molecule has 0 spiro atoms. The van der Waals surface area contributed by atoms with E-state index in [2.05, 4.69) is 5.32 Å². The average Bonchev–Trinajstić information content (AvgIpc) is 2.78. The van der Waals surface area contributed by atoms with E-state index in [0.29, 0.717) is 12.3 Å². The van der Waals surface area contributed by atoms with Crippen LogP contribution in [0.15, 0.2) is 34.9 Å². The molecular weight excluding hydrogens is 202 g/mol. The Bertz CT molecular complexity index is 475. The molecule has 0 saturated carbocycles. The molecule has 1 aromatic heterocycles. The van der Waals surface area contributed by atoms with E-state index in [9.17, 15) is 5.11 Å². The van der Waals surface area contributed by atoms with Gasteiger partial charge in [-0.25, -0.2) is 0 Å². The van der Waals surface area contributed by atoms with Gasteiger partial charge in [-0.05, 0) is 37.6 Å². The molecule has 0 aliphatic carbocycles. The molecule has 3 heteroatoms. The van der Waals surface area contributed by atoms with Crippen LogP contribution >= 0.6 is 0 Å². The summed E-state index contributed by atoms with van der Waals surface area (Å²) in [6.45, 7) is 4.40. The van der Waals surface area contributed by atoms with E-state index in [1.807, 2.05) is 38.1 Å². The molecule has 2 N–H and O–H groups in total. The van der Waals surface area contributed by atoms with Gasteiger partial charge in [0.2, 0.25) is 0 Å². The normalized spacial score (nSPS) is 10.4. The van der Waals surface area contributed by atoms with Crippen molar-refractivity contribution >= 4 is 5.69 Å². The summed E-state index contributed by atoms with van der Waals surface area (Å²) in [7, 11) is 0. The summed E-state index contributed by atoms with van der Waals surface area (Å²) < 4.78 is 5.22. The Balaban J connectivity index is 2.13. The highest BCUT2D eigenvalue weighted by atomic mass is 16.3. The van der Waals surface area contributed by atoms with Crippen molar-refractivity contribution in [3.05, 3.63) is 47.4 Å². The van der Waals surface area contributed by atoms with Crippen LogP contribution in [0.4, 0.5) is 5.69 Å². The first kappa shape index (κ1) is 10.6. The second-order valence-corrected chi connectivity index (χ2v) is 3.84. The number of aryl methyl sites for hydroxylation is 1. The summed E-state index contributed by atoms with van der Waals surface area (Å²) in [4.78, 5) is 0. The first-order chi connectivity index (χ1) is 7.68. The quantitative estimate of drug-likeness (QED) is 0.829. The molecule has 16 heavy (non-hydrogen) atoms. The van der Waals surface area contributed by atoms with Crippen LogP contribution in [0.3, 0.4) is 0 Å². The molecule has 0 saturated heterocycles. The number of benzene rings is 1. The molecule has 0 bridgehead atoms. The average molecular weight is 217 g/mol. The zero-order valence-electron chi connectivity index (χ0n) is 9.45. The van der Waals surface area contributed by atoms with Crippen molar-refractivity contribution in [3.63, 3.8) is 0 Å². The zero-order chi connectivity index (χ0) is 11.5. The lowest BCUT2D eigenvalue weighted by Gasteiger charge is -2.11. The van der Waals surface area contributed by atoms with Crippen molar-refractivity contribution in [1.29, 1.82) is 0 Å². The number of hydrogen-bond acceptors (Lipinski definition) is 3. The molecule has 3 nitrogen and oxygen atoms in total. The maximum absolute atomic E-state index is 9.78. The largest absolute Gasteiger partial charge is 0.507 e. The van der Waals surface area contributed by atoms with Gasteiger partial charge >= 0.3 is 0 Å². The van der Waals surface area contributed by atoms with Crippen LogP contribution in [-0.4, -0.2) is 5.11 Å². The van der Waals surface area contributed by atoms with Crippen LogP contribution in [0.25, 0.3) is 0 Å². The topological polar surface area (TPSA) is 45.4 Å². The molecule has 0 radical (unpaired) electrons. The molecular formula is C13H15NO2. The minimum absolute atomic E-state index is 0.351. The first-order valence-electron chi connectivity index (χ1n) is 5.24. The third-order valence-electron chi connectivity index (χ3n) is 2.67. The van der Waals surface area contributed by atoms with Crippen molar-refractivity contribution < 1.29 is 9.52 Å². The van der Waals surface area contributed by atoms with Gasteiger partial charge in [0.05, 0.1) is 12.8 Å². The van der Waals surface area contributed by atoms with Gasteiger partial charge in [-0.3, -0.25) is 0 Å². The second-order valence-electron chi connectivity index (χ2n) is 3.84. The fourth-order valence-electron chi connectivity index (χ4n) is 1.62. The molecule has 84 valence electrons. The number of aromatic hydroxyl groups is 1. The van der Waals surface area contributed by atoms with Gasteiger partial charge in [-0.15, -0.1) is 0 Å². The number of nitrogens with one attached hydrogen (secondary N) is 1. The van der Waals surface area contributed by atoms with E-state index in [4.69, 9.17) is 4.42 Å². The van der Waals surface area contributed by atoms with E-state index in [1.54, 1.807) is 6.26 Å². The van der Waals surface area contributed by atoms with Gasteiger partial charge in [0.1, 0.15) is 11.5 Å². The van der Waals surface area contributed by atoms with Crippen LogP contribution in [0, 0.1) is 13.8 Å². The predicted molar refractivity (Wildman–Crippen MR) is 63.6 cm³/mol. The van der Waals surface area contributed by atoms with Crippen molar-refractivity contribution in [1.82, 2.24) is 0 Å². The monoisotopic (exact) mass is 217 g/mol. The molecule has 0 aliphatic rings. The van der Waals surface area contributed by atoms with Crippen LogP contribution in [-0.2, 0) is 6.54 Å². The van der Waals surface area contributed by atoms with Crippen molar-refractivity contribution in [2.75, 3.05) is 5.32 Å². The SMILES string of the molecule is Cc1ccc(NCc2ccco2)c(C)c1O. The zero-order valence-corrected chi connectivity index (χ0v) is 9.45. The van der Waals surface area contributed by atoms with Crippen molar-refractivity contribution in [3.8, 4) is 5.75 Å². The molecule has 2 rings (SSSR count). The van der Waals surface area contributed by atoms with Crippen molar-refractivity contribution in [2.24, 2.45) is 0 Å². The van der Waals surface area contributed by atoms with Gasteiger partial charge in [-0.2, -0.15) is 0 Å². The Morgan fingerprint density at radius 2 is 2.06 bits per heavy atom. The van der Waals surface area contributed by atoms with Crippen LogP contribution < -0.4 is 5.32 Å². The number of anilines is 1. The smallest absolute Gasteiger partial charge is 0.123 e. The number of phenols is 1. The molecule has 1 heterocycles. The number of furan rings is 1. The molecule has 0 fully saturated rings. The minimum atomic E-state index is 0.351. The minimum Gasteiger partial charge on any atom is -0.507 e. The predicted octanol–water partition coefficient (Wildman–Crippen LogP) is 3.21. The first-order valence-corrected chi connectivity index (χ1v) is 5.24. The highest BCUT2D eigenvalue weighted by Gasteiger charge is 2.05. The summed E-state index contributed by atoms with van der Waals surface area (Å²) in [5.74, 6) is 1.23. The van der Waals surface area contributed by atoms with Crippen LogP contribution in [0.1, 0.15) is 16.9 Å². The fourth-order valence-corrected chi connectivity index (χ4v) is 1.62. The second kappa shape index (κ2) is 4.31. The molecule has 2 aromatic rings. The van der Waals surface area contributed by atoms with E-state index in [0.717, 1.165) is 22.6 Å². The van der Waals surface area contributed by atoms with Gasteiger partial charge in [-0.1, -0.05) is 6.07 Å². The van der Waals surface area contributed by atoms with Gasteiger partial charge in [0, 0.05) is 11.3 Å². The standard InChI is InChI=1S/C13H15NO2/c1-9-5-6-12(10(2)13(9)15)14-8-11-4-3-7-16-11/h3-7,14-15H,8H2,1-2H3. The fraction of sp³-hybridized carbons (Fsp3) is 0.231. The van der Waals surface area contributed by atoms with Gasteiger partial charge in [0.15, 0.2) is 0 Å². The van der Waals surface area contributed by atoms with Crippen molar-refractivity contribution in [2.45, 2.75) is 20.4 Å². The summed E-state index contributed by atoms with van der Waals surface area (Å²) in [5, 5.41) is 13.0. The maximum Gasteiger partial charge on any atom is 0.123 e. The highest BCUT2D eigenvalue weighted by Crippen LogP contribution is 2.28. The van der Waals surface area contributed by atoms with E-state index in [-0.39, 0.29) is 0 Å². The Hall–Kier alpha value is -1.90. The number of hydrogen-bond donors (Lipinski definition) is 2. The third kappa shape index (κ3) is 2.03. The third-order valence-corrected chi connectivity index (χ3v) is 2.67. The van der Waals surface area contributed by atoms with Gasteiger partial charge < -0.3 is 14.8 Å². The van der Waals surface area contributed by atoms with E-state index < -0.39 is 0 Å². The molecule has 0 atom stereocenters.